The molecule has 0 saturated carbocycles. The molecule has 0 bridgehead atoms. The number of aryl methyl sites for hydroxylation is 1. The van der Waals surface area contributed by atoms with Gasteiger partial charge in [0.25, 0.3) is 0 Å². The van der Waals surface area contributed by atoms with Crippen LogP contribution in [0.2, 0.25) is 5.02 Å². The number of aliphatic imine (C=N–C) groups is 1. The van der Waals surface area contributed by atoms with Crippen LogP contribution in [0, 0.1) is 6.92 Å². The van der Waals surface area contributed by atoms with E-state index in [4.69, 9.17) is 16.6 Å². The Bertz CT molecular complexity index is 1070. The monoisotopic (exact) mass is 422 g/mol. The standard InChI is InChI=1S/C23H23ClN4S/c1-15-11-19-22(26-20-7-2-3-8-21(20)27-23(19)29-15)28-10-9-25-18(14-28)13-16-5-4-6-17(24)12-16/h2-8,11-12,18,25,27H,9-10,13-14H2,1H3/t18-/m0/s1. The lowest BCUT2D eigenvalue weighted by Gasteiger charge is -2.36. The highest BCUT2D eigenvalue weighted by atomic mass is 35.5. The predicted octanol–water partition coefficient (Wildman–Crippen LogP) is 5.36. The minimum atomic E-state index is 0.361. The van der Waals surface area contributed by atoms with Gasteiger partial charge in [-0.15, -0.1) is 11.3 Å². The lowest BCUT2D eigenvalue weighted by molar-refractivity contribution is 0.290. The van der Waals surface area contributed by atoms with Crippen LogP contribution in [0.25, 0.3) is 0 Å². The van der Waals surface area contributed by atoms with Gasteiger partial charge < -0.3 is 15.5 Å². The van der Waals surface area contributed by atoms with E-state index in [1.54, 1.807) is 11.3 Å². The molecule has 5 rings (SSSR count). The van der Waals surface area contributed by atoms with E-state index in [1.807, 2.05) is 18.2 Å². The van der Waals surface area contributed by atoms with Crippen molar-refractivity contribution in [3.63, 3.8) is 0 Å². The third kappa shape index (κ3) is 3.90. The topological polar surface area (TPSA) is 39.7 Å². The Kier molecular flexibility index (Phi) is 5.04. The molecule has 1 aromatic heterocycles. The van der Waals surface area contributed by atoms with E-state index in [0.717, 1.165) is 48.3 Å². The number of nitrogens with zero attached hydrogens (tertiary/aromatic N) is 2. The molecule has 2 aliphatic heterocycles. The van der Waals surface area contributed by atoms with Crippen LogP contribution in [0.5, 0.6) is 0 Å². The predicted molar refractivity (Wildman–Crippen MR) is 123 cm³/mol. The Morgan fingerprint density at radius 2 is 2.07 bits per heavy atom. The minimum absolute atomic E-state index is 0.361. The Hall–Kier alpha value is -2.34. The van der Waals surface area contributed by atoms with E-state index < -0.39 is 0 Å². The van der Waals surface area contributed by atoms with Gasteiger partial charge in [0.1, 0.15) is 10.8 Å². The highest BCUT2D eigenvalue weighted by Crippen LogP contribution is 2.39. The third-order valence-corrected chi connectivity index (χ3v) is 6.60. The molecular weight excluding hydrogens is 400 g/mol. The van der Waals surface area contributed by atoms with Crippen LogP contribution in [0.4, 0.5) is 16.4 Å². The fourth-order valence-electron chi connectivity index (χ4n) is 4.09. The zero-order valence-corrected chi connectivity index (χ0v) is 17.9. The largest absolute Gasteiger partial charge is 0.353 e. The first kappa shape index (κ1) is 18.7. The van der Waals surface area contributed by atoms with Gasteiger partial charge in [0.15, 0.2) is 0 Å². The van der Waals surface area contributed by atoms with Crippen LogP contribution in [0.3, 0.4) is 0 Å². The van der Waals surface area contributed by atoms with Crippen molar-refractivity contribution in [2.24, 2.45) is 4.99 Å². The Labute approximate surface area is 180 Å². The number of hydrogen-bond acceptors (Lipinski definition) is 5. The van der Waals surface area contributed by atoms with Crippen LogP contribution in [0.1, 0.15) is 16.0 Å². The summed E-state index contributed by atoms with van der Waals surface area (Å²) < 4.78 is 0. The van der Waals surface area contributed by atoms with Crippen molar-refractivity contribution in [2.75, 3.05) is 25.0 Å². The summed E-state index contributed by atoms with van der Waals surface area (Å²) in [6.45, 7) is 4.96. The summed E-state index contributed by atoms with van der Waals surface area (Å²) in [4.78, 5) is 8.83. The first-order chi connectivity index (χ1) is 14.2. The van der Waals surface area contributed by atoms with E-state index in [9.17, 15) is 0 Å². The number of thiophene rings is 1. The third-order valence-electron chi connectivity index (χ3n) is 5.40. The number of para-hydroxylation sites is 2. The first-order valence-electron chi connectivity index (χ1n) is 9.94. The van der Waals surface area contributed by atoms with Crippen LogP contribution in [-0.2, 0) is 6.42 Å². The van der Waals surface area contributed by atoms with Crippen molar-refractivity contribution in [1.82, 2.24) is 10.2 Å². The van der Waals surface area contributed by atoms with Crippen molar-refractivity contribution in [2.45, 2.75) is 19.4 Å². The normalized spacial score (nSPS) is 18.3. The maximum atomic E-state index is 6.18. The molecule has 1 saturated heterocycles. The Balaban J connectivity index is 1.46. The van der Waals surface area contributed by atoms with Gasteiger partial charge in [0.2, 0.25) is 0 Å². The number of hydrogen-bond donors (Lipinski definition) is 2. The molecule has 1 fully saturated rings. The number of anilines is 2. The highest BCUT2D eigenvalue weighted by molar-refractivity contribution is 7.16. The van der Waals surface area contributed by atoms with Crippen molar-refractivity contribution in [1.29, 1.82) is 0 Å². The van der Waals surface area contributed by atoms with Gasteiger partial charge in [-0.3, -0.25) is 0 Å². The Morgan fingerprint density at radius 1 is 1.17 bits per heavy atom. The molecule has 3 aromatic rings. The quantitative estimate of drug-likeness (QED) is 0.583. The molecule has 2 aliphatic rings. The summed E-state index contributed by atoms with van der Waals surface area (Å²) in [6.07, 6.45) is 0.953. The van der Waals surface area contributed by atoms with Crippen molar-refractivity contribution in [3.05, 3.63) is 75.6 Å². The summed E-state index contributed by atoms with van der Waals surface area (Å²) in [5.41, 5.74) is 4.52. The fourth-order valence-corrected chi connectivity index (χ4v) is 5.22. The second-order valence-electron chi connectivity index (χ2n) is 7.61. The molecule has 1 atom stereocenters. The highest BCUT2D eigenvalue weighted by Gasteiger charge is 2.27. The summed E-state index contributed by atoms with van der Waals surface area (Å²) in [5.74, 6) is 1.07. The lowest BCUT2D eigenvalue weighted by Crippen LogP contribution is -2.53. The summed E-state index contributed by atoms with van der Waals surface area (Å²) in [7, 11) is 0. The molecule has 3 heterocycles. The maximum Gasteiger partial charge on any atom is 0.139 e. The van der Waals surface area contributed by atoms with Gasteiger partial charge in [-0.25, -0.2) is 4.99 Å². The molecule has 2 aromatic carbocycles. The summed E-state index contributed by atoms with van der Waals surface area (Å²) in [5, 5.41) is 9.24. The number of benzene rings is 2. The van der Waals surface area contributed by atoms with E-state index in [2.05, 4.69) is 58.9 Å². The SMILES string of the molecule is Cc1cc2c(s1)Nc1ccccc1N=C2N1CCN[C@@H](Cc2cccc(Cl)c2)C1. The van der Waals surface area contributed by atoms with Gasteiger partial charge in [-0.2, -0.15) is 0 Å². The summed E-state index contributed by atoms with van der Waals surface area (Å²) >= 11 is 7.97. The molecule has 0 radical (unpaired) electrons. The molecule has 4 nitrogen and oxygen atoms in total. The molecule has 0 aliphatic carbocycles. The van der Waals surface area contributed by atoms with Gasteiger partial charge in [-0.05, 0) is 49.2 Å². The molecule has 0 spiro atoms. The van der Waals surface area contributed by atoms with Crippen LogP contribution >= 0.6 is 22.9 Å². The zero-order valence-electron chi connectivity index (χ0n) is 16.3. The second-order valence-corrected chi connectivity index (χ2v) is 9.30. The number of fused-ring (bicyclic) bond motifs is 2. The first-order valence-corrected chi connectivity index (χ1v) is 11.1. The zero-order chi connectivity index (χ0) is 19.8. The van der Waals surface area contributed by atoms with Crippen LogP contribution < -0.4 is 10.6 Å². The molecule has 148 valence electrons. The second kappa shape index (κ2) is 7.82. The number of halogens is 1. The number of amidine groups is 1. The maximum absolute atomic E-state index is 6.18. The molecule has 0 amide bonds. The average Bonchev–Trinajstić information content (AvgIpc) is 2.99. The molecule has 2 N–H and O–H groups in total. The van der Waals surface area contributed by atoms with Crippen molar-refractivity contribution >= 4 is 45.1 Å². The number of rotatable bonds is 2. The van der Waals surface area contributed by atoms with Crippen LogP contribution in [0.15, 0.2) is 59.6 Å². The number of nitrogens with one attached hydrogen (secondary N) is 2. The lowest BCUT2D eigenvalue weighted by atomic mass is 10.0. The fraction of sp³-hybridized carbons (Fsp3) is 0.261. The Morgan fingerprint density at radius 3 is 2.97 bits per heavy atom. The van der Waals surface area contributed by atoms with Crippen molar-refractivity contribution < 1.29 is 0 Å². The van der Waals surface area contributed by atoms with Crippen molar-refractivity contribution in [3.8, 4) is 0 Å². The smallest absolute Gasteiger partial charge is 0.139 e. The van der Waals surface area contributed by atoms with E-state index in [-0.39, 0.29) is 0 Å². The van der Waals surface area contributed by atoms with Crippen LogP contribution in [-0.4, -0.2) is 36.4 Å². The number of piperazine rings is 1. The van der Waals surface area contributed by atoms with Gasteiger partial charge in [-0.1, -0.05) is 35.9 Å². The van der Waals surface area contributed by atoms with Gasteiger partial charge >= 0.3 is 0 Å². The van der Waals surface area contributed by atoms with E-state index in [1.165, 1.54) is 21.0 Å². The van der Waals surface area contributed by atoms with Gasteiger partial charge in [0.05, 0.1) is 16.9 Å². The van der Waals surface area contributed by atoms with Gasteiger partial charge in [0, 0.05) is 35.6 Å². The molecule has 6 heteroatoms. The summed E-state index contributed by atoms with van der Waals surface area (Å²) in [6, 6.07) is 19.1. The molecule has 29 heavy (non-hydrogen) atoms. The average molecular weight is 423 g/mol. The minimum Gasteiger partial charge on any atom is -0.353 e. The molecular formula is C23H23ClN4S. The van der Waals surface area contributed by atoms with E-state index in [0.29, 0.717) is 6.04 Å². The van der Waals surface area contributed by atoms with E-state index >= 15 is 0 Å². The molecule has 0 unspecified atom stereocenters.